The Kier molecular flexibility index (Phi) is 4.18. The van der Waals surface area contributed by atoms with Crippen LogP contribution in [0, 0.1) is 6.92 Å². The molecule has 3 nitrogen and oxygen atoms in total. The summed E-state index contributed by atoms with van der Waals surface area (Å²) in [7, 11) is 1.47. The summed E-state index contributed by atoms with van der Waals surface area (Å²) < 4.78 is 42.8. The summed E-state index contributed by atoms with van der Waals surface area (Å²) in [6.07, 6.45) is -4.00. The smallest absolute Gasteiger partial charge is 0.416 e. The standard InChI is InChI=1S/C15H14F3NO2/c1-9-7-11(15(16,17)18)4-5-12(9)14(20)10-3-6-13(21-2)19-8-10/h3-8,14,20H,1-2H3. The van der Waals surface area contributed by atoms with E-state index in [0.717, 1.165) is 12.1 Å². The maximum absolute atomic E-state index is 12.6. The fourth-order valence-corrected chi connectivity index (χ4v) is 2.01. The number of ether oxygens (including phenoxy) is 1. The monoisotopic (exact) mass is 297 g/mol. The van der Waals surface area contributed by atoms with Crippen molar-refractivity contribution in [2.75, 3.05) is 7.11 Å². The van der Waals surface area contributed by atoms with Crippen LogP contribution in [0.15, 0.2) is 36.5 Å². The molecule has 1 aromatic carbocycles. The van der Waals surface area contributed by atoms with Crippen LogP contribution in [0.4, 0.5) is 13.2 Å². The van der Waals surface area contributed by atoms with Gasteiger partial charge < -0.3 is 9.84 Å². The number of rotatable bonds is 3. The first-order valence-corrected chi connectivity index (χ1v) is 6.18. The molecule has 0 bridgehead atoms. The van der Waals surface area contributed by atoms with E-state index in [4.69, 9.17) is 4.74 Å². The molecule has 0 radical (unpaired) electrons. The number of aliphatic hydroxyl groups excluding tert-OH is 1. The van der Waals surface area contributed by atoms with Crippen LogP contribution in [0.1, 0.15) is 28.4 Å². The van der Waals surface area contributed by atoms with Gasteiger partial charge in [-0.2, -0.15) is 13.2 Å². The van der Waals surface area contributed by atoms with Gasteiger partial charge in [0.15, 0.2) is 0 Å². The van der Waals surface area contributed by atoms with E-state index in [-0.39, 0.29) is 0 Å². The number of methoxy groups -OCH3 is 1. The van der Waals surface area contributed by atoms with Crippen molar-refractivity contribution in [3.63, 3.8) is 0 Å². The number of nitrogens with zero attached hydrogens (tertiary/aromatic N) is 1. The lowest BCUT2D eigenvalue weighted by Gasteiger charge is -2.16. The second-order valence-corrected chi connectivity index (χ2v) is 4.61. The summed E-state index contributed by atoms with van der Waals surface area (Å²) in [5, 5.41) is 10.3. The molecule has 112 valence electrons. The van der Waals surface area contributed by atoms with Gasteiger partial charge in [0.25, 0.3) is 0 Å². The zero-order valence-electron chi connectivity index (χ0n) is 11.5. The predicted molar refractivity (Wildman–Crippen MR) is 71.0 cm³/mol. The normalized spacial score (nSPS) is 13.0. The van der Waals surface area contributed by atoms with Crippen molar-refractivity contribution in [2.45, 2.75) is 19.2 Å². The van der Waals surface area contributed by atoms with Crippen LogP contribution < -0.4 is 4.74 Å². The molecule has 0 amide bonds. The molecule has 0 aliphatic heterocycles. The van der Waals surface area contributed by atoms with Crippen molar-refractivity contribution < 1.29 is 23.0 Å². The number of pyridine rings is 1. The molecule has 6 heteroatoms. The molecule has 0 aliphatic carbocycles. The molecule has 1 heterocycles. The first kappa shape index (κ1) is 15.3. The maximum Gasteiger partial charge on any atom is 0.416 e. The summed E-state index contributed by atoms with van der Waals surface area (Å²) >= 11 is 0. The number of hydrogen-bond acceptors (Lipinski definition) is 3. The third-order valence-electron chi connectivity index (χ3n) is 3.18. The summed E-state index contributed by atoms with van der Waals surface area (Å²) in [5.41, 5.74) is 0.533. The van der Waals surface area contributed by atoms with E-state index in [1.807, 2.05) is 0 Å². The Morgan fingerprint density at radius 1 is 1.19 bits per heavy atom. The van der Waals surface area contributed by atoms with Crippen LogP contribution >= 0.6 is 0 Å². The molecule has 0 saturated heterocycles. The van der Waals surface area contributed by atoms with Crippen LogP contribution in [0.2, 0.25) is 0 Å². The SMILES string of the molecule is COc1ccc(C(O)c2ccc(C(F)(F)F)cc2C)cn1. The van der Waals surface area contributed by atoms with Crippen LogP contribution in [0.3, 0.4) is 0 Å². The van der Waals surface area contributed by atoms with Gasteiger partial charge in [0.05, 0.1) is 12.7 Å². The highest BCUT2D eigenvalue weighted by molar-refractivity contribution is 5.38. The van der Waals surface area contributed by atoms with Gasteiger partial charge in [-0.15, -0.1) is 0 Å². The summed E-state index contributed by atoms with van der Waals surface area (Å²) in [4.78, 5) is 3.97. The molecule has 2 aromatic rings. The third-order valence-corrected chi connectivity index (χ3v) is 3.18. The second kappa shape index (κ2) is 5.73. The molecule has 21 heavy (non-hydrogen) atoms. The fraction of sp³-hybridized carbons (Fsp3) is 0.267. The topological polar surface area (TPSA) is 42.4 Å². The first-order chi connectivity index (χ1) is 9.82. The van der Waals surface area contributed by atoms with Crippen molar-refractivity contribution in [3.8, 4) is 5.88 Å². The Morgan fingerprint density at radius 3 is 2.38 bits per heavy atom. The Morgan fingerprint density at radius 2 is 1.90 bits per heavy atom. The van der Waals surface area contributed by atoms with Crippen molar-refractivity contribution in [1.29, 1.82) is 0 Å². The van der Waals surface area contributed by atoms with E-state index in [1.54, 1.807) is 12.1 Å². The maximum atomic E-state index is 12.6. The van der Waals surface area contributed by atoms with Crippen molar-refractivity contribution in [3.05, 3.63) is 58.8 Å². The van der Waals surface area contributed by atoms with E-state index in [1.165, 1.54) is 26.3 Å². The number of aryl methyl sites for hydroxylation is 1. The van der Waals surface area contributed by atoms with E-state index in [9.17, 15) is 18.3 Å². The minimum Gasteiger partial charge on any atom is -0.481 e. The molecule has 1 atom stereocenters. The number of aromatic nitrogens is 1. The highest BCUT2D eigenvalue weighted by Crippen LogP contribution is 2.33. The van der Waals surface area contributed by atoms with E-state index in [2.05, 4.69) is 4.98 Å². The third kappa shape index (κ3) is 3.33. The number of aliphatic hydroxyl groups is 1. The van der Waals surface area contributed by atoms with Crippen LogP contribution in [-0.2, 0) is 6.18 Å². The van der Waals surface area contributed by atoms with Gasteiger partial charge >= 0.3 is 6.18 Å². The predicted octanol–water partition coefficient (Wildman–Crippen LogP) is 3.50. The van der Waals surface area contributed by atoms with Gasteiger partial charge in [-0.3, -0.25) is 0 Å². The Balaban J connectivity index is 2.32. The van der Waals surface area contributed by atoms with Gasteiger partial charge in [0, 0.05) is 17.8 Å². The average Bonchev–Trinajstić information content (AvgIpc) is 2.45. The molecule has 0 aliphatic rings. The number of benzene rings is 1. The molecule has 2 rings (SSSR count). The average molecular weight is 297 g/mol. The number of hydrogen-bond donors (Lipinski definition) is 1. The highest BCUT2D eigenvalue weighted by atomic mass is 19.4. The van der Waals surface area contributed by atoms with Gasteiger partial charge in [0.1, 0.15) is 6.10 Å². The Labute approximate surface area is 120 Å². The number of alkyl halides is 3. The Bertz CT molecular complexity index is 624. The molecule has 1 aromatic heterocycles. The van der Waals surface area contributed by atoms with Gasteiger partial charge in [-0.05, 0) is 36.2 Å². The lowest BCUT2D eigenvalue weighted by Crippen LogP contribution is -2.08. The van der Waals surface area contributed by atoms with E-state index in [0.29, 0.717) is 22.6 Å². The highest BCUT2D eigenvalue weighted by Gasteiger charge is 2.31. The zero-order chi connectivity index (χ0) is 15.6. The Hall–Kier alpha value is -2.08. The second-order valence-electron chi connectivity index (χ2n) is 4.61. The van der Waals surface area contributed by atoms with E-state index < -0.39 is 17.8 Å². The molecular weight excluding hydrogens is 283 g/mol. The van der Waals surface area contributed by atoms with Crippen LogP contribution in [0.25, 0.3) is 0 Å². The van der Waals surface area contributed by atoms with Gasteiger partial charge in [-0.1, -0.05) is 6.07 Å². The largest absolute Gasteiger partial charge is 0.481 e. The first-order valence-electron chi connectivity index (χ1n) is 6.18. The zero-order valence-corrected chi connectivity index (χ0v) is 11.5. The lowest BCUT2D eigenvalue weighted by molar-refractivity contribution is -0.137. The lowest BCUT2D eigenvalue weighted by atomic mass is 9.96. The molecule has 0 saturated carbocycles. The minimum atomic E-state index is -4.39. The van der Waals surface area contributed by atoms with Gasteiger partial charge in [0.2, 0.25) is 5.88 Å². The molecule has 0 spiro atoms. The fourth-order valence-electron chi connectivity index (χ4n) is 2.01. The molecular formula is C15H14F3NO2. The molecule has 1 N–H and O–H groups in total. The number of halogens is 3. The quantitative estimate of drug-likeness (QED) is 0.943. The minimum absolute atomic E-state index is 0.369. The van der Waals surface area contributed by atoms with E-state index >= 15 is 0 Å². The molecule has 1 unspecified atom stereocenters. The summed E-state index contributed by atoms with van der Waals surface area (Å²) in [6.45, 7) is 1.53. The summed E-state index contributed by atoms with van der Waals surface area (Å²) in [5.74, 6) is 0.398. The van der Waals surface area contributed by atoms with Crippen molar-refractivity contribution >= 4 is 0 Å². The van der Waals surface area contributed by atoms with Crippen molar-refractivity contribution in [2.24, 2.45) is 0 Å². The van der Waals surface area contributed by atoms with Crippen LogP contribution in [0.5, 0.6) is 5.88 Å². The van der Waals surface area contributed by atoms with Crippen molar-refractivity contribution in [1.82, 2.24) is 4.98 Å². The van der Waals surface area contributed by atoms with Crippen LogP contribution in [-0.4, -0.2) is 17.2 Å². The molecule has 0 fully saturated rings. The van der Waals surface area contributed by atoms with Gasteiger partial charge in [-0.25, -0.2) is 4.98 Å². The summed E-state index contributed by atoms with van der Waals surface area (Å²) in [6, 6.07) is 6.47.